The number of hydrogen-bond acceptors (Lipinski definition) is 7. The summed E-state index contributed by atoms with van der Waals surface area (Å²) in [5.74, 6) is 0.0485. The average Bonchev–Trinajstić information content (AvgIpc) is 3.04. The molecule has 0 spiro atoms. The Kier molecular flexibility index (Phi) is 6.12. The molecule has 1 aliphatic heterocycles. The van der Waals surface area contributed by atoms with Crippen molar-refractivity contribution >= 4 is 50.6 Å². The molecule has 2 aromatic heterocycles. The topological polar surface area (TPSA) is 76.5 Å². The standard InChI is InChI=1S/C21H24N4O3S2/c1-13-14(2)30-19-18(13)20(27)24(3)21(23-19)29-12-17(26)22-15-4-6-16(7-5-15)25-8-10-28-11-9-25/h4-7H,8-12H2,1-3H3,(H,22,26). The quantitative estimate of drug-likeness (QED) is 0.481. The Morgan fingerprint density at radius 3 is 2.63 bits per heavy atom. The number of rotatable bonds is 5. The van der Waals surface area contributed by atoms with E-state index in [0.717, 1.165) is 52.9 Å². The lowest BCUT2D eigenvalue weighted by Gasteiger charge is -2.28. The first-order chi connectivity index (χ1) is 14.4. The fraction of sp³-hybridized carbons (Fsp3) is 0.381. The number of benzene rings is 1. The molecule has 30 heavy (non-hydrogen) atoms. The monoisotopic (exact) mass is 444 g/mol. The van der Waals surface area contributed by atoms with Gasteiger partial charge in [-0.25, -0.2) is 4.98 Å². The van der Waals surface area contributed by atoms with Gasteiger partial charge in [-0.15, -0.1) is 11.3 Å². The third-order valence-corrected chi connectivity index (χ3v) is 7.36. The van der Waals surface area contributed by atoms with Gasteiger partial charge >= 0.3 is 0 Å². The van der Waals surface area contributed by atoms with Crippen LogP contribution in [0.25, 0.3) is 10.2 Å². The van der Waals surface area contributed by atoms with Crippen molar-refractivity contribution in [1.82, 2.24) is 9.55 Å². The summed E-state index contributed by atoms with van der Waals surface area (Å²) in [7, 11) is 1.70. The molecule has 1 saturated heterocycles. The fourth-order valence-corrected chi connectivity index (χ4v) is 5.23. The first-order valence-corrected chi connectivity index (χ1v) is 11.6. The summed E-state index contributed by atoms with van der Waals surface area (Å²) in [5.41, 5.74) is 2.79. The average molecular weight is 445 g/mol. The highest BCUT2D eigenvalue weighted by molar-refractivity contribution is 7.99. The first kappa shape index (κ1) is 20.9. The third-order valence-electron chi connectivity index (χ3n) is 5.23. The predicted molar refractivity (Wildman–Crippen MR) is 123 cm³/mol. The van der Waals surface area contributed by atoms with Crippen LogP contribution in [0.1, 0.15) is 10.4 Å². The number of aryl methyl sites for hydroxylation is 2. The van der Waals surface area contributed by atoms with E-state index in [4.69, 9.17) is 4.74 Å². The molecule has 1 aliphatic rings. The van der Waals surface area contributed by atoms with Gasteiger partial charge in [-0.2, -0.15) is 0 Å². The van der Waals surface area contributed by atoms with E-state index >= 15 is 0 Å². The van der Waals surface area contributed by atoms with Crippen molar-refractivity contribution in [3.8, 4) is 0 Å². The second-order valence-corrected chi connectivity index (χ2v) is 9.35. The molecule has 3 heterocycles. The molecule has 9 heteroatoms. The predicted octanol–water partition coefficient (Wildman–Crippen LogP) is 3.18. The number of thiophene rings is 1. The number of carbonyl (C=O) groups excluding carboxylic acids is 1. The van der Waals surface area contributed by atoms with E-state index in [-0.39, 0.29) is 17.2 Å². The Hall–Kier alpha value is -2.36. The van der Waals surface area contributed by atoms with Gasteiger partial charge in [0.1, 0.15) is 4.83 Å². The van der Waals surface area contributed by atoms with Gasteiger partial charge in [-0.05, 0) is 43.7 Å². The molecule has 0 radical (unpaired) electrons. The Bertz CT molecular complexity index is 1130. The Morgan fingerprint density at radius 1 is 1.23 bits per heavy atom. The fourth-order valence-electron chi connectivity index (χ4n) is 3.39. The molecule has 3 aromatic rings. The molecule has 1 amide bonds. The molecule has 1 fully saturated rings. The van der Waals surface area contributed by atoms with Gasteiger partial charge in [-0.3, -0.25) is 14.2 Å². The smallest absolute Gasteiger partial charge is 0.262 e. The summed E-state index contributed by atoms with van der Waals surface area (Å²) in [6, 6.07) is 7.83. The largest absolute Gasteiger partial charge is 0.378 e. The van der Waals surface area contributed by atoms with Crippen LogP contribution < -0.4 is 15.8 Å². The number of ether oxygens (including phenoxy) is 1. The molecule has 1 N–H and O–H groups in total. The van der Waals surface area contributed by atoms with E-state index in [0.29, 0.717) is 10.5 Å². The highest BCUT2D eigenvalue weighted by atomic mass is 32.2. The number of fused-ring (bicyclic) bond motifs is 1. The number of morpholine rings is 1. The molecular weight excluding hydrogens is 420 g/mol. The molecule has 1 aromatic carbocycles. The second-order valence-electron chi connectivity index (χ2n) is 7.21. The van der Waals surface area contributed by atoms with Crippen LogP contribution in [0.15, 0.2) is 34.2 Å². The molecule has 0 aliphatic carbocycles. The summed E-state index contributed by atoms with van der Waals surface area (Å²) in [4.78, 5) is 33.8. The van der Waals surface area contributed by atoms with Crippen LogP contribution in [0.2, 0.25) is 0 Å². The van der Waals surface area contributed by atoms with Crippen molar-refractivity contribution in [1.29, 1.82) is 0 Å². The normalized spacial score (nSPS) is 14.3. The maximum Gasteiger partial charge on any atom is 0.262 e. The zero-order valence-electron chi connectivity index (χ0n) is 17.2. The van der Waals surface area contributed by atoms with Crippen molar-refractivity contribution < 1.29 is 9.53 Å². The van der Waals surface area contributed by atoms with E-state index in [1.54, 1.807) is 7.05 Å². The minimum Gasteiger partial charge on any atom is -0.378 e. The third kappa shape index (κ3) is 4.23. The van der Waals surface area contributed by atoms with Crippen molar-refractivity contribution in [2.24, 2.45) is 7.05 Å². The summed E-state index contributed by atoms with van der Waals surface area (Å²) in [6.07, 6.45) is 0. The van der Waals surface area contributed by atoms with Crippen LogP contribution in [0.4, 0.5) is 11.4 Å². The molecule has 0 atom stereocenters. The van der Waals surface area contributed by atoms with Crippen LogP contribution in [-0.4, -0.2) is 47.5 Å². The molecule has 7 nitrogen and oxygen atoms in total. The van der Waals surface area contributed by atoms with Crippen molar-refractivity contribution in [2.75, 3.05) is 42.3 Å². The Morgan fingerprint density at radius 2 is 1.93 bits per heavy atom. The molecule has 0 saturated carbocycles. The number of nitrogens with one attached hydrogen (secondary N) is 1. The van der Waals surface area contributed by atoms with Crippen LogP contribution >= 0.6 is 23.1 Å². The lowest BCUT2D eigenvalue weighted by atomic mass is 10.2. The van der Waals surface area contributed by atoms with E-state index in [1.165, 1.54) is 27.7 Å². The zero-order chi connectivity index (χ0) is 21.3. The minimum atomic E-state index is -0.132. The van der Waals surface area contributed by atoms with Crippen molar-refractivity contribution in [2.45, 2.75) is 19.0 Å². The number of amides is 1. The molecule has 4 rings (SSSR count). The van der Waals surface area contributed by atoms with E-state index in [2.05, 4.69) is 15.2 Å². The Balaban J connectivity index is 1.40. The SMILES string of the molecule is Cc1sc2nc(SCC(=O)Nc3ccc(N4CCOCC4)cc3)n(C)c(=O)c2c1C. The number of carbonyl (C=O) groups is 1. The summed E-state index contributed by atoms with van der Waals surface area (Å²) in [5, 5.41) is 4.13. The molecule has 158 valence electrons. The summed E-state index contributed by atoms with van der Waals surface area (Å²) < 4.78 is 6.90. The summed E-state index contributed by atoms with van der Waals surface area (Å²) >= 11 is 2.78. The highest BCUT2D eigenvalue weighted by Crippen LogP contribution is 2.28. The number of aromatic nitrogens is 2. The van der Waals surface area contributed by atoms with Gasteiger partial charge in [0.05, 0.1) is 24.4 Å². The number of anilines is 2. The van der Waals surface area contributed by atoms with E-state index in [9.17, 15) is 9.59 Å². The lowest BCUT2D eigenvalue weighted by molar-refractivity contribution is -0.113. The first-order valence-electron chi connectivity index (χ1n) is 9.76. The van der Waals surface area contributed by atoms with Crippen LogP contribution in [0.5, 0.6) is 0 Å². The molecule has 0 bridgehead atoms. The highest BCUT2D eigenvalue weighted by Gasteiger charge is 2.16. The minimum absolute atomic E-state index is 0.0662. The summed E-state index contributed by atoms with van der Waals surface area (Å²) in [6.45, 7) is 7.17. The second kappa shape index (κ2) is 8.79. The number of nitrogens with zero attached hydrogens (tertiary/aromatic N) is 3. The van der Waals surface area contributed by atoms with Gasteiger partial charge in [0.2, 0.25) is 5.91 Å². The molecule has 0 unspecified atom stereocenters. The van der Waals surface area contributed by atoms with Gasteiger partial charge in [0.25, 0.3) is 5.56 Å². The van der Waals surface area contributed by atoms with E-state index in [1.807, 2.05) is 38.1 Å². The Labute approximate surface area is 183 Å². The van der Waals surface area contributed by atoms with Gasteiger partial charge < -0.3 is 15.0 Å². The van der Waals surface area contributed by atoms with E-state index < -0.39 is 0 Å². The molecular formula is C21H24N4O3S2. The van der Waals surface area contributed by atoms with Crippen LogP contribution in [0, 0.1) is 13.8 Å². The van der Waals surface area contributed by atoms with Crippen LogP contribution in [0.3, 0.4) is 0 Å². The van der Waals surface area contributed by atoms with Crippen molar-refractivity contribution in [3.63, 3.8) is 0 Å². The number of thioether (sulfide) groups is 1. The van der Waals surface area contributed by atoms with Gasteiger partial charge in [0, 0.05) is 36.4 Å². The number of hydrogen-bond donors (Lipinski definition) is 1. The van der Waals surface area contributed by atoms with Gasteiger partial charge in [-0.1, -0.05) is 11.8 Å². The zero-order valence-corrected chi connectivity index (χ0v) is 18.9. The van der Waals surface area contributed by atoms with Crippen LogP contribution in [-0.2, 0) is 16.6 Å². The maximum atomic E-state index is 12.7. The lowest BCUT2D eigenvalue weighted by Crippen LogP contribution is -2.36. The van der Waals surface area contributed by atoms with Gasteiger partial charge in [0.15, 0.2) is 5.16 Å². The van der Waals surface area contributed by atoms with Crippen molar-refractivity contribution in [3.05, 3.63) is 45.1 Å². The maximum absolute atomic E-state index is 12.7.